The third-order valence-corrected chi connectivity index (χ3v) is 3.41. The lowest BCUT2D eigenvalue weighted by Crippen LogP contribution is -2.51. The normalized spacial score (nSPS) is 12.1. The van der Waals surface area contributed by atoms with Crippen LogP contribution in [0.25, 0.3) is 0 Å². The minimum absolute atomic E-state index is 0.0240. The highest BCUT2D eigenvalue weighted by atomic mass is 16.4. The van der Waals surface area contributed by atoms with Gasteiger partial charge in [0.1, 0.15) is 0 Å². The molecule has 0 aromatic rings. The molecule has 0 aromatic carbocycles. The number of likely N-dealkylation sites (N-methyl/N-ethyl adjacent to an activating group) is 1. The molecule has 122 valence electrons. The molecule has 7 nitrogen and oxygen atoms in total. The number of urea groups is 1. The monoisotopic (exact) mass is 301 g/mol. The number of nitrogens with one attached hydrogen (secondary N) is 2. The van der Waals surface area contributed by atoms with E-state index >= 15 is 0 Å². The van der Waals surface area contributed by atoms with Gasteiger partial charge in [0.15, 0.2) is 0 Å². The largest absolute Gasteiger partial charge is 0.481 e. The van der Waals surface area contributed by atoms with Gasteiger partial charge in [-0.15, -0.1) is 0 Å². The van der Waals surface area contributed by atoms with Crippen LogP contribution in [0.3, 0.4) is 0 Å². The quantitative estimate of drug-likeness (QED) is 0.652. The summed E-state index contributed by atoms with van der Waals surface area (Å²) in [7, 11) is 3.80. The first-order chi connectivity index (χ1) is 9.35. The van der Waals surface area contributed by atoms with Crippen molar-refractivity contribution in [2.45, 2.75) is 46.1 Å². The van der Waals surface area contributed by atoms with Crippen molar-refractivity contribution in [2.24, 2.45) is 5.41 Å². The van der Waals surface area contributed by atoms with E-state index in [2.05, 4.69) is 10.6 Å². The Morgan fingerprint density at radius 2 is 1.57 bits per heavy atom. The van der Waals surface area contributed by atoms with Crippen LogP contribution in [0, 0.1) is 5.41 Å². The fraction of sp³-hybridized carbons (Fsp3) is 0.786. The zero-order valence-corrected chi connectivity index (χ0v) is 13.7. The van der Waals surface area contributed by atoms with E-state index in [-0.39, 0.29) is 18.4 Å². The molecule has 0 heterocycles. The lowest BCUT2D eigenvalue weighted by molar-refractivity contribution is -0.139. The molecule has 0 fully saturated rings. The Kier molecular flexibility index (Phi) is 6.82. The fourth-order valence-electron chi connectivity index (χ4n) is 1.58. The van der Waals surface area contributed by atoms with E-state index in [9.17, 15) is 14.4 Å². The number of rotatable bonds is 7. The van der Waals surface area contributed by atoms with Gasteiger partial charge in [0.25, 0.3) is 0 Å². The standard InChI is InChI=1S/C14H27N3O4/c1-13(2,8-11(19)20)7-10(18)16-12(21)15-9-14(3,4)17(5)6/h7-9H2,1-6H3,(H,19,20)(H2,15,16,18,21). The summed E-state index contributed by atoms with van der Waals surface area (Å²) in [6.07, 6.45) is -0.153. The molecule has 0 radical (unpaired) electrons. The van der Waals surface area contributed by atoms with Gasteiger partial charge in [0.2, 0.25) is 5.91 Å². The van der Waals surface area contributed by atoms with Crippen LogP contribution in [0.4, 0.5) is 4.79 Å². The molecule has 0 rings (SSSR count). The SMILES string of the molecule is CN(C)C(C)(C)CNC(=O)NC(=O)CC(C)(C)CC(=O)O. The molecule has 0 aliphatic rings. The van der Waals surface area contributed by atoms with E-state index in [0.717, 1.165) is 0 Å². The number of carboxylic acid groups (broad SMARTS) is 1. The van der Waals surface area contributed by atoms with Gasteiger partial charge in [-0.25, -0.2) is 4.79 Å². The van der Waals surface area contributed by atoms with Gasteiger partial charge >= 0.3 is 12.0 Å². The van der Waals surface area contributed by atoms with Crippen molar-refractivity contribution in [3.8, 4) is 0 Å². The molecule has 21 heavy (non-hydrogen) atoms. The van der Waals surface area contributed by atoms with Crippen molar-refractivity contribution < 1.29 is 19.5 Å². The highest BCUT2D eigenvalue weighted by molar-refractivity contribution is 5.94. The Bertz CT molecular complexity index is 403. The van der Waals surface area contributed by atoms with Crippen LogP contribution < -0.4 is 10.6 Å². The molecule has 7 heteroatoms. The van der Waals surface area contributed by atoms with Crippen molar-refractivity contribution in [3.05, 3.63) is 0 Å². The van der Waals surface area contributed by atoms with Crippen LogP contribution in [-0.4, -0.2) is 54.1 Å². The number of hydrogen-bond donors (Lipinski definition) is 3. The number of carbonyl (C=O) groups excluding carboxylic acids is 2. The van der Waals surface area contributed by atoms with Gasteiger partial charge in [-0.3, -0.25) is 14.9 Å². The Hall–Kier alpha value is -1.63. The van der Waals surface area contributed by atoms with Gasteiger partial charge in [0.05, 0.1) is 6.42 Å². The second kappa shape index (κ2) is 7.40. The van der Waals surface area contributed by atoms with E-state index in [1.54, 1.807) is 13.8 Å². The summed E-state index contributed by atoms with van der Waals surface area (Å²) in [5.74, 6) is -1.45. The van der Waals surface area contributed by atoms with E-state index in [0.29, 0.717) is 6.54 Å². The maximum Gasteiger partial charge on any atom is 0.321 e. The predicted molar refractivity (Wildman–Crippen MR) is 80.0 cm³/mol. The number of amides is 3. The molecule has 3 amide bonds. The van der Waals surface area contributed by atoms with Crippen molar-refractivity contribution >= 4 is 17.9 Å². The Labute approximate surface area is 126 Å². The lowest BCUT2D eigenvalue weighted by Gasteiger charge is -2.32. The minimum Gasteiger partial charge on any atom is -0.481 e. The van der Waals surface area contributed by atoms with Gasteiger partial charge in [-0.1, -0.05) is 13.8 Å². The zero-order valence-electron chi connectivity index (χ0n) is 13.7. The predicted octanol–water partition coefficient (Wildman–Crippen LogP) is 1.04. The highest BCUT2D eigenvalue weighted by Crippen LogP contribution is 2.24. The summed E-state index contributed by atoms with van der Waals surface area (Å²) < 4.78 is 0. The van der Waals surface area contributed by atoms with Crippen molar-refractivity contribution in [3.63, 3.8) is 0 Å². The van der Waals surface area contributed by atoms with E-state index in [4.69, 9.17) is 5.11 Å². The van der Waals surface area contributed by atoms with Crippen molar-refractivity contribution in [1.82, 2.24) is 15.5 Å². The van der Waals surface area contributed by atoms with Crippen LogP contribution in [0.1, 0.15) is 40.5 Å². The molecule has 0 aliphatic heterocycles. The molecule has 0 saturated heterocycles. The Morgan fingerprint density at radius 1 is 1.05 bits per heavy atom. The molecule has 0 aromatic heterocycles. The molecular weight excluding hydrogens is 274 g/mol. The average molecular weight is 301 g/mol. The van der Waals surface area contributed by atoms with Crippen LogP contribution >= 0.6 is 0 Å². The third-order valence-electron chi connectivity index (χ3n) is 3.41. The van der Waals surface area contributed by atoms with Crippen LogP contribution in [0.5, 0.6) is 0 Å². The number of hydrogen-bond acceptors (Lipinski definition) is 4. The van der Waals surface area contributed by atoms with E-state index in [1.807, 2.05) is 32.8 Å². The first-order valence-electron chi connectivity index (χ1n) is 6.83. The molecule has 0 bridgehead atoms. The van der Waals surface area contributed by atoms with E-state index < -0.39 is 23.3 Å². The van der Waals surface area contributed by atoms with Crippen molar-refractivity contribution in [2.75, 3.05) is 20.6 Å². The summed E-state index contributed by atoms with van der Waals surface area (Å²) in [6, 6.07) is -0.568. The van der Waals surface area contributed by atoms with Crippen LogP contribution in [-0.2, 0) is 9.59 Å². The number of nitrogens with zero attached hydrogens (tertiary/aromatic N) is 1. The summed E-state index contributed by atoms with van der Waals surface area (Å²) >= 11 is 0. The summed E-state index contributed by atoms with van der Waals surface area (Å²) in [5, 5.41) is 13.6. The lowest BCUT2D eigenvalue weighted by atomic mass is 9.85. The highest BCUT2D eigenvalue weighted by Gasteiger charge is 2.26. The second-order valence-corrected chi connectivity index (χ2v) is 6.85. The summed E-state index contributed by atoms with van der Waals surface area (Å²) in [6.45, 7) is 7.66. The summed E-state index contributed by atoms with van der Waals surface area (Å²) in [4.78, 5) is 36.0. The first kappa shape index (κ1) is 19.4. The van der Waals surface area contributed by atoms with Gasteiger partial charge in [-0.2, -0.15) is 0 Å². The first-order valence-corrected chi connectivity index (χ1v) is 6.83. The number of aliphatic carboxylic acids is 1. The molecule has 0 atom stereocenters. The topological polar surface area (TPSA) is 98.7 Å². The fourth-order valence-corrected chi connectivity index (χ4v) is 1.58. The molecule has 3 N–H and O–H groups in total. The van der Waals surface area contributed by atoms with Gasteiger partial charge in [0, 0.05) is 18.5 Å². The Balaban J connectivity index is 4.28. The number of carboxylic acids is 1. The van der Waals surface area contributed by atoms with Gasteiger partial charge in [-0.05, 0) is 33.4 Å². The molecule has 0 saturated carbocycles. The van der Waals surface area contributed by atoms with Crippen molar-refractivity contribution in [1.29, 1.82) is 0 Å². The van der Waals surface area contributed by atoms with E-state index in [1.165, 1.54) is 0 Å². The smallest absolute Gasteiger partial charge is 0.321 e. The maximum absolute atomic E-state index is 11.7. The minimum atomic E-state index is -0.968. The maximum atomic E-state index is 11.7. The molecule has 0 aliphatic carbocycles. The van der Waals surface area contributed by atoms with Crippen LogP contribution in [0.15, 0.2) is 0 Å². The number of imide groups is 1. The molecular formula is C14H27N3O4. The van der Waals surface area contributed by atoms with Gasteiger partial charge < -0.3 is 15.3 Å². The average Bonchev–Trinajstić information content (AvgIpc) is 2.23. The molecule has 0 unspecified atom stereocenters. The third kappa shape index (κ3) is 8.29. The van der Waals surface area contributed by atoms with Crippen LogP contribution in [0.2, 0.25) is 0 Å². The summed E-state index contributed by atoms with van der Waals surface area (Å²) in [5.41, 5.74) is -0.929. The molecule has 0 spiro atoms. The Morgan fingerprint density at radius 3 is 2.00 bits per heavy atom. The zero-order chi connectivity index (χ0) is 16.8. The number of carbonyl (C=O) groups is 3. The second-order valence-electron chi connectivity index (χ2n) is 6.85.